The molecule has 31 heavy (non-hydrogen) atoms. The summed E-state index contributed by atoms with van der Waals surface area (Å²) in [7, 11) is 1.62. The summed E-state index contributed by atoms with van der Waals surface area (Å²) in [4.78, 5) is 27.1. The standard InChI is InChI=1S/C23H23BrN2O3S2/c1-29-17-12-10-16(11-13-17)15-20-22(28)26(23(30)31-20)14-6-2-3-9-21(27)25-19-8-5-4-7-18(19)24/h4-5,7-8,10-13,15H,2-3,6,9,14H2,1H3,(H,25,27)/b20-15-. The van der Waals surface area contributed by atoms with Gasteiger partial charge in [0.25, 0.3) is 5.91 Å². The van der Waals surface area contributed by atoms with Crippen LogP contribution in [0.1, 0.15) is 31.2 Å². The lowest BCUT2D eigenvalue weighted by Crippen LogP contribution is -2.29. The molecular weight excluding hydrogens is 496 g/mol. The maximum absolute atomic E-state index is 12.7. The summed E-state index contributed by atoms with van der Waals surface area (Å²) in [6.07, 6.45) is 4.69. The van der Waals surface area contributed by atoms with Crippen LogP contribution in [-0.4, -0.2) is 34.7 Å². The molecule has 0 unspecified atom stereocenters. The van der Waals surface area contributed by atoms with Gasteiger partial charge in [-0.1, -0.05) is 54.7 Å². The molecule has 162 valence electrons. The van der Waals surface area contributed by atoms with E-state index < -0.39 is 0 Å². The molecule has 2 amide bonds. The number of hydrogen-bond acceptors (Lipinski definition) is 5. The number of nitrogens with zero attached hydrogens (tertiary/aromatic N) is 1. The molecule has 1 N–H and O–H groups in total. The Hall–Kier alpha value is -2.16. The first-order valence-electron chi connectivity index (χ1n) is 9.92. The van der Waals surface area contributed by atoms with E-state index in [1.54, 1.807) is 12.0 Å². The average Bonchev–Trinajstić information content (AvgIpc) is 3.03. The van der Waals surface area contributed by atoms with Crippen LogP contribution in [0.3, 0.4) is 0 Å². The number of methoxy groups -OCH3 is 1. The van der Waals surface area contributed by atoms with Crippen LogP contribution in [0.4, 0.5) is 5.69 Å². The summed E-state index contributed by atoms with van der Waals surface area (Å²) < 4.78 is 6.60. The summed E-state index contributed by atoms with van der Waals surface area (Å²) in [5, 5.41) is 2.90. The van der Waals surface area contributed by atoms with E-state index in [1.165, 1.54) is 11.8 Å². The van der Waals surface area contributed by atoms with Crippen LogP contribution in [-0.2, 0) is 9.59 Å². The molecule has 2 aromatic rings. The summed E-state index contributed by atoms with van der Waals surface area (Å²) >= 11 is 10.1. The Balaban J connectivity index is 1.42. The van der Waals surface area contributed by atoms with Gasteiger partial charge in [-0.25, -0.2) is 0 Å². The van der Waals surface area contributed by atoms with E-state index in [4.69, 9.17) is 17.0 Å². The third kappa shape index (κ3) is 6.66. The van der Waals surface area contributed by atoms with Crippen LogP contribution >= 0.6 is 39.9 Å². The lowest BCUT2D eigenvalue weighted by molar-refractivity contribution is -0.122. The van der Waals surface area contributed by atoms with Crippen LogP contribution in [0, 0.1) is 0 Å². The number of halogens is 1. The maximum atomic E-state index is 12.7. The van der Waals surface area contributed by atoms with Crippen molar-refractivity contribution in [1.82, 2.24) is 4.90 Å². The number of anilines is 1. The van der Waals surface area contributed by atoms with Crippen molar-refractivity contribution in [3.05, 3.63) is 63.5 Å². The topological polar surface area (TPSA) is 58.6 Å². The number of thiocarbonyl (C=S) groups is 1. The van der Waals surface area contributed by atoms with Crippen LogP contribution in [0.2, 0.25) is 0 Å². The number of nitrogens with one attached hydrogen (secondary N) is 1. The number of thioether (sulfide) groups is 1. The van der Waals surface area contributed by atoms with Gasteiger partial charge in [0.2, 0.25) is 5.91 Å². The molecule has 1 aliphatic rings. The van der Waals surface area contributed by atoms with E-state index in [1.807, 2.05) is 54.6 Å². The summed E-state index contributed by atoms with van der Waals surface area (Å²) in [6, 6.07) is 15.1. The third-order valence-electron chi connectivity index (χ3n) is 4.72. The Labute approximate surface area is 200 Å². The van der Waals surface area contributed by atoms with E-state index in [9.17, 15) is 9.59 Å². The molecule has 2 aromatic carbocycles. The van der Waals surface area contributed by atoms with E-state index in [2.05, 4.69) is 21.2 Å². The highest BCUT2D eigenvalue weighted by atomic mass is 79.9. The maximum Gasteiger partial charge on any atom is 0.266 e. The van der Waals surface area contributed by atoms with E-state index >= 15 is 0 Å². The van der Waals surface area contributed by atoms with Crippen molar-refractivity contribution in [2.75, 3.05) is 19.0 Å². The van der Waals surface area contributed by atoms with Crippen molar-refractivity contribution in [1.29, 1.82) is 0 Å². The largest absolute Gasteiger partial charge is 0.497 e. The normalized spacial score (nSPS) is 14.9. The van der Waals surface area contributed by atoms with Crippen LogP contribution < -0.4 is 10.1 Å². The Bertz CT molecular complexity index is 993. The first kappa shape index (κ1) is 23.5. The lowest BCUT2D eigenvalue weighted by atomic mass is 10.1. The van der Waals surface area contributed by atoms with E-state index in [-0.39, 0.29) is 11.8 Å². The Morgan fingerprint density at radius 3 is 2.61 bits per heavy atom. The molecule has 3 rings (SSSR count). The fourth-order valence-corrected chi connectivity index (χ4v) is 4.74. The van der Waals surface area contributed by atoms with Crippen molar-refractivity contribution in [2.45, 2.75) is 25.7 Å². The molecule has 0 spiro atoms. The Morgan fingerprint density at radius 2 is 1.90 bits per heavy atom. The molecule has 0 aromatic heterocycles. The Kier molecular flexibility index (Phi) is 8.69. The number of amides is 2. The second-order valence-electron chi connectivity index (χ2n) is 6.95. The number of hydrogen-bond donors (Lipinski definition) is 1. The van der Waals surface area contributed by atoms with Gasteiger partial charge in [0.05, 0.1) is 17.7 Å². The van der Waals surface area contributed by atoms with Gasteiger partial charge in [-0.3, -0.25) is 14.5 Å². The zero-order chi connectivity index (χ0) is 22.2. The van der Waals surface area contributed by atoms with Gasteiger partial charge >= 0.3 is 0 Å². The van der Waals surface area contributed by atoms with Crippen molar-refractivity contribution >= 4 is 67.8 Å². The quantitative estimate of drug-likeness (QED) is 0.256. The van der Waals surface area contributed by atoms with Crippen molar-refractivity contribution in [2.24, 2.45) is 0 Å². The zero-order valence-electron chi connectivity index (χ0n) is 17.1. The highest BCUT2D eigenvalue weighted by Crippen LogP contribution is 2.33. The van der Waals surface area contributed by atoms with Gasteiger partial charge in [-0.05, 0) is 64.7 Å². The molecule has 0 bridgehead atoms. The fourth-order valence-electron chi connectivity index (χ4n) is 3.05. The molecule has 8 heteroatoms. The lowest BCUT2D eigenvalue weighted by Gasteiger charge is -2.14. The highest BCUT2D eigenvalue weighted by Gasteiger charge is 2.31. The molecule has 1 fully saturated rings. The minimum atomic E-state index is -0.0579. The first-order valence-corrected chi connectivity index (χ1v) is 11.9. The van der Waals surface area contributed by atoms with Gasteiger partial charge < -0.3 is 10.1 Å². The molecule has 0 aliphatic carbocycles. The number of carbonyl (C=O) groups is 2. The summed E-state index contributed by atoms with van der Waals surface area (Å²) in [6.45, 7) is 0.566. The predicted octanol–water partition coefficient (Wildman–Crippen LogP) is 5.86. The van der Waals surface area contributed by atoms with Crippen molar-refractivity contribution in [3.8, 4) is 5.75 Å². The summed E-state index contributed by atoms with van der Waals surface area (Å²) in [5.74, 6) is 0.701. The Morgan fingerprint density at radius 1 is 1.16 bits per heavy atom. The van der Waals surface area contributed by atoms with Crippen molar-refractivity contribution < 1.29 is 14.3 Å². The van der Waals surface area contributed by atoms with Crippen molar-refractivity contribution in [3.63, 3.8) is 0 Å². The van der Waals surface area contributed by atoms with Gasteiger partial charge in [0, 0.05) is 17.4 Å². The predicted molar refractivity (Wildman–Crippen MR) is 134 cm³/mol. The minimum absolute atomic E-state index is 0.0139. The van der Waals surface area contributed by atoms with Crippen LogP contribution in [0.5, 0.6) is 5.75 Å². The fraction of sp³-hybridized carbons (Fsp3) is 0.261. The number of carbonyl (C=O) groups excluding carboxylic acids is 2. The molecule has 0 saturated carbocycles. The van der Waals surface area contributed by atoms with E-state index in [0.717, 1.165) is 40.7 Å². The summed E-state index contributed by atoms with van der Waals surface area (Å²) in [5.41, 5.74) is 1.70. The molecule has 1 aliphatic heterocycles. The van der Waals surface area contributed by atoms with Gasteiger partial charge in [0.1, 0.15) is 10.1 Å². The zero-order valence-corrected chi connectivity index (χ0v) is 20.3. The third-order valence-corrected chi connectivity index (χ3v) is 6.79. The monoisotopic (exact) mass is 518 g/mol. The average molecular weight is 519 g/mol. The minimum Gasteiger partial charge on any atom is -0.497 e. The molecular formula is C23H23BrN2O3S2. The SMILES string of the molecule is COc1ccc(/C=C2\SC(=S)N(CCCCCC(=O)Nc3ccccc3Br)C2=O)cc1. The molecule has 1 saturated heterocycles. The second kappa shape index (κ2) is 11.5. The van der Waals surface area contributed by atoms with Gasteiger partial charge in [-0.2, -0.15) is 0 Å². The smallest absolute Gasteiger partial charge is 0.266 e. The van der Waals surface area contributed by atoms with Gasteiger partial charge in [0.15, 0.2) is 0 Å². The number of ether oxygens (including phenoxy) is 1. The number of para-hydroxylation sites is 1. The van der Waals surface area contributed by atoms with E-state index in [0.29, 0.717) is 22.2 Å². The molecule has 0 radical (unpaired) electrons. The van der Waals surface area contributed by atoms with Crippen LogP contribution in [0.15, 0.2) is 57.9 Å². The number of unbranched alkanes of at least 4 members (excludes halogenated alkanes) is 2. The highest BCUT2D eigenvalue weighted by molar-refractivity contribution is 9.10. The molecule has 5 nitrogen and oxygen atoms in total. The second-order valence-corrected chi connectivity index (χ2v) is 9.48. The van der Waals surface area contributed by atoms with Crippen LogP contribution in [0.25, 0.3) is 6.08 Å². The first-order chi connectivity index (χ1) is 15.0. The molecule has 0 atom stereocenters. The number of rotatable bonds is 9. The number of benzene rings is 2. The van der Waals surface area contributed by atoms with Gasteiger partial charge in [-0.15, -0.1) is 0 Å². The molecule has 1 heterocycles.